The van der Waals surface area contributed by atoms with Crippen LogP contribution in [0.4, 0.5) is 0 Å². The lowest BCUT2D eigenvalue weighted by Crippen LogP contribution is -2.66. The SMILES string of the molecule is CC/C=C\C/C=C\C/C=C\C/C=C\CCCCCCCCCCCCCCCCCCCCCCCCC(=O)NC(COC1OC(CO)C(OC2OC(CO)C(OC3OC(CO)C(O)C(O)C3O)C(O)C2O)C(O)C1O)C(O)/C=C/CC/C=C/CC/C=C/CCCCCCCCCCCCCCCCCC. The third kappa shape index (κ3) is 45.5. The maximum atomic E-state index is 13.5. The summed E-state index contributed by atoms with van der Waals surface area (Å²) in [5.41, 5.74) is 0. The molecule has 0 aliphatic carbocycles. The summed E-state index contributed by atoms with van der Waals surface area (Å²) in [6.07, 6.45) is 63.0. The molecule has 17 unspecified atom stereocenters. The summed E-state index contributed by atoms with van der Waals surface area (Å²) >= 11 is 0. The molecule has 0 aromatic carbocycles. The number of unbranched alkanes of at least 4 members (excludes halogenated alkanes) is 40. The lowest BCUT2D eigenvalue weighted by molar-refractivity contribution is -0.379. The Morgan fingerprint density at radius 2 is 0.660 bits per heavy atom. The summed E-state index contributed by atoms with van der Waals surface area (Å²) in [5.74, 6) is -0.286. The van der Waals surface area contributed by atoms with Gasteiger partial charge in [0.05, 0.1) is 38.6 Å². The van der Waals surface area contributed by atoms with E-state index < -0.39 is 124 Å². The van der Waals surface area contributed by atoms with E-state index in [-0.39, 0.29) is 18.9 Å². The molecule has 3 fully saturated rings. The maximum Gasteiger partial charge on any atom is 0.220 e. The summed E-state index contributed by atoms with van der Waals surface area (Å²) in [5, 5.41) is 121. The van der Waals surface area contributed by atoms with Crippen LogP contribution in [-0.2, 0) is 33.2 Å². The predicted octanol–water partition coefficient (Wildman–Crippen LogP) is 15.3. The van der Waals surface area contributed by atoms with Crippen molar-refractivity contribution >= 4 is 5.91 Å². The first-order valence-electron chi connectivity index (χ1n) is 42.8. The molecule has 106 heavy (non-hydrogen) atoms. The van der Waals surface area contributed by atoms with E-state index in [0.717, 1.165) is 70.6 Å². The molecule has 3 aliphatic rings. The topological polar surface area (TPSA) is 307 Å². The summed E-state index contributed by atoms with van der Waals surface area (Å²) in [6.45, 7) is 1.64. The fourth-order valence-corrected chi connectivity index (χ4v) is 14.1. The van der Waals surface area contributed by atoms with Crippen LogP contribution in [0.15, 0.2) is 85.1 Å². The van der Waals surface area contributed by atoms with Gasteiger partial charge >= 0.3 is 0 Å². The molecule has 0 radical (unpaired) electrons. The quantitative estimate of drug-likeness (QED) is 0.0199. The van der Waals surface area contributed by atoms with Gasteiger partial charge in [-0.25, -0.2) is 0 Å². The third-order valence-electron chi connectivity index (χ3n) is 20.9. The van der Waals surface area contributed by atoms with E-state index in [0.29, 0.717) is 12.8 Å². The summed E-state index contributed by atoms with van der Waals surface area (Å²) in [7, 11) is 0. The molecule has 19 heteroatoms. The summed E-state index contributed by atoms with van der Waals surface area (Å²) < 4.78 is 34.5. The van der Waals surface area contributed by atoms with Crippen LogP contribution in [-0.4, -0.2) is 193 Å². The van der Waals surface area contributed by atoms with Gasteiger partial charge in [0, 0.05) is 6.42 Å². The molecule has 19 nitrogen and oxygen atoms in total. The maximum absolute atomic E-state index is 13.5. The molecule has 12 N–H and O–H groups in total. The van der Waals surface area contributed by atoms with Crippen LogP contribution < -0.4 is 5.32 Å². The van der Waals surface area contributed by atoms with Gasteiger partial charge in [0.2, 0.25) is 5.91 Å². The fourth-order valence-electron chi connectivity index (χ4n) is 14.1. The molecular weight excluding hydrogens is 1350 g/mol. The molecule has 3 heterocycles. The van der Waals surface area contributed by atoms with E-state index in [1.807, 2.05) is 6.08 Å². The van der Waals surface area contributed by atoms with Gasteiger partial charge in [-0.05, 0) is 83.5 Å². The van der Waals surface area contributed by atoms with Gasteiger partial charge in [-0.1, -0.05) is 324 Å². The monoisotopic (exact) mass is 1500 g/mol. The lowest BCUT2D eigenvalue weighted by Gasteiger charge is -2.48. The molecular formula is C87H155NO18. The van der Waals surface area contributed by atoms with E-state index >= 15 is 0 Å². The number of hydrogen-bond donors (Lipinski definition) is 12. The van der Waals surface area contributed by atoms with E-state index in [1.165, 1.54) is 225 Å². The van der Waals surface area contributed by atoms with Crippen molar-refractivity contribution in [3.63, 3.8) is 0 Å². The highest BCUT2D eigenvalue weighted by molar-refractivity contribution is 5.76. The van der Waals surface area contributed by atoms with E-state index in [4.69, 9.17) is 28.4 Å². The van der Waals surface area contributed by atoms with Crippen molar-refractivity contribution in [1.29, 1.82) is 0 Å². The van der Waals surface area contributed by atoms with Gasteiger partial charge in [0.15, 0.2) is 18.9 Å². The molecule has 0 aromatic rings. The van der Waals surface area contributed by atoms with Crippen LogP contribution in [0.3, 0.4) is 0 Å². The van der Waals surface area contributed by atoms with Crippen molar-refractivity contribution in [2.45, 2.75) is 433 Å². The Morgan fingerprint density at radius 3 is 1.06 bits per heavy atom. The second-order valence-corrected chi connectivity index (χ2v) is 30.2. The van der Waals surface area contributed by atoms with Crippen molar-refractivity contribution in [1.82, 2.24) is 5.32 Å². The number of carbonyl (C=O) groups is 1. The minimum Gasteiger partial charge on any atom is -0.394 e. The van der Waals surface area contributed by atoms with Gasteiger partial charge in [-0.15, -0.1) is 0 Å². The largest absolute Gasteiger partial charge is 0.394 e. The average molecular weight is 1500 g/mol. The molecule has 0 saturated carbocycles. The summed E-state index contributed by atoms with van der Waals surface area (Å²) in [6, 6.07) is -1.00. The number of aliphatic hydroxyl groups is 11. The Kier molecular flexibility index (Phi) is 61.0. The lowest BCUT2D eigenvalue weighted by atomic mass is 9.96. The molecule has 3 saturated heterocycles. The first kappa shape index (κ1) is 97.2. The highest BCUT2D eigenvalue weighted by Crippen LogP contribution is 2.33. The molecule has 616 valence electrons. The van der Waals surface area contributed by atoms with Crippen molar-refractivity contribution in [2.75, 3.05) is 26.4 Å². The van der Waals surface area contributed by atoms with E-state index in [9.17, 15) is 61.0 Å². The third-order valence-corrected chi connectivity index (χ3v) is 20.9. The first-order valence-corrected chi connectivity index (χ1v) is 42.8. The highest BCUT2D eigenvalue weighted by Gasteiger charge is 2.54. The smallest absolute Gasteiger partial charge is 0.220 e. The van der Waals surface area contributed by atoms with E-state index in [2.05, 4.69) is 92.1 Å². The zero-order chi connectivity index (χ0) is 76.7. The average Bonchev–Trinajstić information content (AvgIpc) is 0.779. The number of rotatable bonds is 68. The standard InChI is InChI=1S/C87H155NO18/c1-3-5-7-9-11-13-15-17-19-21-23-25-27-29-31-32-33-34-35-36-37-38-39-41-43-45-47-49-51-53-55-57-59-61-63-65-75(93)88-70(71(92)64-62-60-58-56-54-52-50-48-46-44-42-40-30-28-26-24-22-20-18-16-14-12-10-8-6-4-2)69-101-85-81(99)78(96)83(73(67-90)103-85)106-87-82(100)79(97)84(74(68-91)104-87)105-86-80(98)77(95)76(94)72(66-89)102-86/h5,7,11,13,17,19,23,25,46,48,54,56,62,64,70-74,76-87,89-92,94-100H,3-4,6,8-10,12,14-16,18,20-22,24,26-45,47,49-53,55,57-61,63,65-69H2,1-2H3,(H,88,93)/b7-5-,13-11-,19-17-,25-23-,48-46+,56-54+,64-62+. The Morgan fingerprint density at radius 1 is 0.349 bits per heavy atom. The van der Waals surface area contributed by atoms with Gasteiger partial charge in [-0.3, -0.25) is 4.79 Å². The van der Waals surface area contributed by atoms with Crippen LogP contribution >= 0.6 is 0 Å². The Hall–Kier alpha value is -3.03. The van der Waals surface area contributed by atoms with Crippen LogP contribution in [0, 0.1) is 0 Å². The molecule has 3 rings (SSSR count). The zero-order valence-electron chi connectivity index (χ0n) is 66.2. The first-order chi connectivity index (χ1) is 51.8. The normalized spacial score (nSPS) is 26.1. The van der Waals surface area contributed by atoms with Gasteiger partial charge in [-0.2, -0.15) is 0 Å². The number of ether oxygens (including phenoxy) is 6. The Bertz CT molecular complexity index is 2240. The van der Waals surface area contributed by atoms with Crippen molar-refractivity contribution < 1.29 is 89.4 Å². The van der Waals surface area contributed by atoms with Crippen molar-refractivity contribution in [3.05, 3.63) is 85.1 Å². The second kappa shape index (κ2) is 66.6. The number of carbonyl (C=O) groups excluding carboxylic acids is 1. The van der Waals surface area contributed by atoms with Gasteiger partial charge < -0.3 is 89.9 Å². The minimum absolute atomic E-state index is 0.232. The van der Waals surface area contributed by atoms with Crippen LogP contribution in [0.1, 0.15) is 328 Å². The highest BCUT2D eigenvalue weighted by atomic mass is 16.8. The minimum atomic E-state index is -1.99. The molecule has 17 atom stereocenters. The van der Waals surface area contributed by atoms with Crippen LogP contribution in [0.5, 0.6) is 0 Å². The number of allylic oxidation sites excluding steroid dienone is 13. The van der Waals surface area contributed by atoms with Crippen LogP contribution in [0.25, 0.3) is 0 Å². The van der Waals surface area contributed by atoms with Crippen molar-refractivity contribution in [2.24, 2.45) is 0 Å². The second-order valence-electron chi connectivity index (χ2n) is 30.2. The summed E-state index contributed by atoms with van der Waals surface area (Å²) in [4.78, 5) is 13.5. The molecule has 0 bridgehead atoms. The van der Waals surface area contributed by atoms with Crippen LogP contribution in [0.2, 0.25) is 0 Å². The zero-order valence-corrected chi connectivity index (χ0v) is 66.2. The number of aliphatic hydroxyl groups excluding tert-OH is 11. The van der Waals surface area contributed by atoms with E-state index in [1.54, 1.807) is 6.08 Å². The molecule has 0 aromatic heterocycles. The van der Waals surface area contributed by atoms with Gasteiger partial charge in [0.25, 0.3) is 0 Å². The van der Waals surface area contributed by atoms with Crippen molar-refractivity contribution in [3.8, 4) is 0 Å². The number of nitrogens with one attached hydrogen (secondary N) is 1. The molecule has 3 aliphatic heterocycles. The fraction of sp³-hybridized carbons (Fsp3) is 0.828. The molecule has 1 amide bonds. The molecule has 0 spiro atoms. The Balaban J connectivity index is 1.35. The Labute approximate surface area is 641 Å². The predicted molar refractivity (Wildman–Crippen MR) is 424 cm³/mol. The van der Waals surface area contributed by atoms with Gasteiger partial charge in [0.1, 0.15) is 73.2 Å². The number of hydrogen-bond acceptors (Lipinski definition) is 18. The number of amides is 1.